The second kappa shape index (κ2) is 5.94. The summed E-state index contributed by atoms with van der Waals surface area (Å²) in [5.74, 6) is 0.638. The summed E-state index contributed by atoms with van der Waals surface area (Å²) >= 11 is 5.48. The highest BCUT2D eigenvalue weighted by Gasteiger charge is 2.21. The molecular weight excluding hydrogens is 232 g/mol. The van der Waals surface area contributed by atoms with E-state index in [1.165, 1.54) is 25.3 Å². The lowest BCUT2D eigenvalue weighted by Gasteiger charge is -2.19. The number of halogens is 1. The Hall–Kier alpha value is -0.970. The van der Waals surface area contributed by atoms with E-state index in [-0.39, 0.29) is 18.1 Å². The SMILES string of the molecule is COc1cc(O)ccc1C(O)C(O)CCCl. The number of hydrogen-bond acceptors (Lipinski definition) is 4. The van der Waals surface area contributed by atoms with Crippen molar-refractivity contribution in [3.8, 4) is 11.5 Å². The molecule has 0 radical (unpaired) electrons. The Morgan fingerprint density at radius 2 is 2.06 bits per heavy atom. The molecule has 2 unspecified atom stereocenters. The molecule has 90 valence electrons. The van der Waals surface area contributed by atoms with Gasteiger partial charge in [-0.05, 0) is 18.6 Å². The monoisotopic (exact) mass is 246 g/mol. The van der Waals surface area contributed by atoms with Gasteiger partial charge in [-0.15, -0.1) is 11.6 Å². The number of benzene rings is 1. The smallest absolute Gasteiger partial charge is 0.128 e. The van der Waals surface area contributed by atoms with E-state index < -0.39 is 12.2 Å². The van der Waals surface area contributed by atoms with Gasteiger partial charge in [-0.25, -0.2) is 0 Å². The van der Waals surface area contributed by atoms with Gasteiger partial charge in [0.1, 0.15) is 17.6 Å². The molecule has 1 rings (SSSR count). The standard InChI is InChI=1S/C11H15ClO4/c1-16-10-6-7(13)2-3-8(10)11(15)9(14)4-5-12/h2-3,6,9,11,13-15H,4-5H2,1H3. The molecule has 2 atom stereocenters. The van der Waals surface area contributed by atoms with E-state index in [2.05, 4.69) is 0 Å². The van der Waals surface area contributed by atoms with Crippen LogP contribution in [-0.4, -0.2) is 34.4 Å². The van der Waals surface area contributed by atoms with Gasteiger partial charge in [0.15, 0.2) is 0 Å². The van der Waals surface area contributed by atoms with Crippen LogP contribution in [0.25, 0.3) is 0 Å². The predicted octanol–water partition coefficient (Wildman–Crippen LogP) is 1.42. The zero-order chi connectivity index (χ0) is 12.1. The highest BCUT2D eigenvalue weighted by molar-refractivity contribution is 6.17. The molecule has 16 heavy (non-hydrogen) atoms. The molecule has 0 amide bonds. The summed E-state index contributed by atoms with van der Waals surface area (Å²) < 4.78 is 5.01. The molecule has 0 saturated heterocycles. The summed E-state index contributed by atoms with van der Waals surface area (Å²) in [6.45, 7) is 0. The Morgan fingerprint density at radius 1 is 1.38 bits per heavy atom. The largest absolute Gasteiger partial charge is 0.508 e. The molecule has 3 N–H and O–H groups in total. The number of aromatic hydroxyl groups is 1. The molecule has 0 fully saturated rings. The Morgan fingerprint density at radius 3 is 2.62 bits per heavy atom. The van der Waals surface area contributed by atoms with E-state index in [0.29, 0.717) is 11.3 Å². The Kier molecular flexibility index (Phi) is 4.86. The zero-order valence-electron chi connectivity index (χ0n) is 8.93. The van der Waals surface area contributed by atoms with Crippen LogP contribution in [0.2, 0.25) is 0 Å². The lowest BCUT2D eigenvalue weighted by atomic mass is 10.0. The number of rotatable bonds is 5. The van der Waals surface area contributed by atoms with Gasteiger partial charge in [0.2, 0.25) is 0 Å². The first-order valence-corrected chi connectivity index (χ1v) is 5.42. The average Bonchev–Trinajstić information content (AvgIpc) is 2.28. The molecule has 0 saturated carbocycles. The van der Waals surface area contributed by atoms with E-state index in [4.69, 9.17) is 16.3 Å². The van der Waals surface area contributed by atoms with E-state index in [0.717, 1.165) is 0 Å². The minimum Gasteiger partial charge on any atom is -0.508 e. The van der Waals surface area contributed by atoms with Crippen molar-refractivity contribution in [2.45, 2.75) is 18.6 Å². The van der Waals surface area contributed by atoms with Crippen LogP contribution in [0.4, 0.5) is 0 Å². The zero-order valence-corrected chi connectivity index (χ0v) is 9.68. The maximum atomic E-state index is 9.85. The molecule has 0 aliphatic rings. The van der Waals surface area contributed by atoms with Crippen LogP contribution in [0.5, 0.6) is 11.5 Å². The predicted molar refractivity (Wildman–Crippen MR) is 61.0 cm³/mol. The summed E-state index contributed by atoms with van der Waals surface area (Å²) in [5.41, 5.74) is 0.429. The van der Waals surface area contributed by atoms with Gasteiger partial charge in [0.25, 0.3) is 0 Å². The van der Waals surface area contributed by atoms with Crippen molar-refractivity contribution < 1.29 is 20.1 Å². The van der Waals surface area contributed by atoms with Crippen LogP contribution in [0.1, 0.15) is 18.1 Å². The van der Waals surface area contributed by atoms with Crippen molar-refractivity contribution in [1.29, 1.82) is 0 Å². The summed E-state index contributed by atoms with van der Waals surface area (Å²) in [5, 5.41) is 28.7. The van der Waals surface area contributed by atoms with E-state index >= 15 is 0 Å². The molecule has 0 aliphatic carbocycles. The number of aliphatic hydroxyl groups excluding tert-OH is 2. The number of methoxy groups -OCH3 is 1. The van der Waals surface area contributed by atoms with Gasteiger partial charge >= 0.3 is 0 Å². The summed E-state index contributed by atoms with van der Waals surface area (Å²) in [4.78, 5) is 0. The molecular formula is C11H15ClO4. The van der Waals surface area contributed by atoms with Crippen LogP contribution >= 0.6 is 11.6 Å². The number of aliphatic hydroxyl groups is 2. The molecule has 0 bridgehead atoms. The normalized spacial score (nSPS) is 14.5. The van der Waals surface area contributed by atoms with Gasteiger partial charge < -0.3 is 20.1 Å². The highest BCUT2D eigenvalue weighted by atomic mass is 35.5. The van der Waals surface area contributed by atoms with Crippen LogP contribution in [-0.2, 0) is 0 Å². The second-order valence-corrected chi connectivity index (χ2v) is 3.79. The van der Waals surface area contributed by atoms with Crippen LogP contribution in [0.3, 0.4) is 0 Å². The van der Waals surface area contributed by atoms with E-state index in [9.17, 15) is 15.3 Å². The third kappa shape index (κ3) is 3.01. The number of phenolic OH excluding ortho intramolecular Hbond substituents is 1. The van der Waals surface area contributed by atoms with Gasteiger partial charge in [0, 0.05) is 17.5 Å². The van der Waals surface area contributed by atoms with Crippen molar-refractivity contribution in [3.63, 3.8) is 0 Å². The van der Waals surface area contributed by atoms with Gasteiger partial charge in [0.05, 0.1) is 13.2 Å². The first-order valence-electron chi connectivity index (χ1n) is 4.89. The number of phenols is 1. The van der Waals surface area contributed by atoms with Crippen molar-refractivity contribution in [1.82, 2.24) is 0 Å². The lowest BCUT2D eigenvalue weighted by molar-refractivity contribution is 0.0156. The third-order valence-electron chi connectivity index (χ3n) is 2.31. The maximum absolute atomic E-state index is 9.85. The fraction of sp³-hybridized carbons (Fsp3) is 0.455. The van der Waals surface area contributed by atoms with Crippen molar-refractivity contribution in [2.24, 2.45) is 0 Å². The first kappa shape index (κ1) is 13.1. The topological polar surface area (TPSA) is 69.9 Å². The van der Waals surface area contributed by atoms with Gasteiger partial charge in [-0.2, -0.15) is 0 Å². The third-order valence-corrected chi connectivity index (χ3v) is 2.52. The highest BCUT2D eigenvalue weighted by Crippen LogP contribution is 2.31. The Bertz CT molecular complexity index is 343. The fourth-order valence-corrected chi connectivity index (χ4v) is 1.64. The second-order valence-electron chi connectivity index (χ2n) is 3.42. The van der Waals surface area contributed by atoms with Crippen LogP contribution in [0, 0.1) is 0 Å². The molecule has 0 heterocycles. The minimum atomic E-state index is -1.07. The van der Waals surface area contributed by atoms with Crippen LogP contribution in [0.15, 0.2) is 18.2 Å². The molecule has 0 aliphatic heterocycles. The summed E-state index contributed by atoms with van der Waals surface area (Å²) in [6, 6.07) is 4.32. The first-order chi connectivity index (χ1) is 7.60. The van der Waals surface area contributed by atoms with Crippen LogP contribution < -0.4 is 4.74 Å². The number of hydrogen-bond donors (Lipinski definition) is 3. The van der Waals surface area contributed by atoms with Crippen molar-refractivity contribution in [2.75, 3.05) is 13.0 Å². The molecule has 1 aromatic carbocycles. The molecule has 0 spiro atoms. The minimum absolute atomic E-state index is 0.0413. The summed E-state index contributed by atoms with van der Waals surface area (Å²) in [6.07, 6.45) is -1.74. The molecule has 0 aromatic heterocycles. The van der Waals surface area contributed by atoms with E-state index in [1.807, 2.05) is 0 Å². The van der Waals surface area contributed by atoms with Crippen molar-refractivity contribution >= 4 is 11.6 Å². The Labute approximate surface area is 99.1 Å². The molecule has 4 nitrogen and oxygen atoms in total. The average molecular weight is 247 g/mol. The fourth-order valence-electron chi connectivity index (χ4n) is 1.42. The molecule has 1 aromatic rings. The quantitative estimate of drug-likeness (QED) is 0.688. The van der Waals surface area contributed by atoms with Crippen molar-refractivity contribution in [3.05, 3.63) is 23.8 Å². The molecule has 5 heteroatoms. The maximum Gasteiger partial charge on any atom is 0.128 e. The number of alkyl halides is 1. The summed E-state index contributed by atoms with van der Waals surface area (Å²) in [7, 11) is 1.43. The van der Waals surface area contributed by atoms with Gasteiger partial charge in [-0.1, -0.05) is 0 Å². The van der Waals surface area contributed by atoms with Gasteiger partial charge in [-0.3, -0.25) is 0 Å². The Balaban J connectivity index is 2.93. The lowest BCUT2D eigenvalue weighted by Crippen LogP contribution is -2.19. The van der Waals surface area contributed by atoms with E-state index in [1.54, 1.807) is 0 Å². The number of ether oxygens (including phenoxy) is 1.